The molecule has 2 aromatic rings. The number of hydrogen-bond donors (Lipinski definition) is 1. The number of rotatable bonds is 8. The number of anilines is 2. The summed E-state index contributed by atoms with van der Waals surface area (Å²) in [6, 6.07) is 10.0. The Kier molecular flexibility index (Phi) is 8.83. The minimum atomic E-state index is -0.834. The van der Waals surface area contributed by atoms with Gasteiger partial charge >= 0.3 is 5.97 Å². The van der Waals surface area contributed by atoms with Crippen LogP contribution in [0, 0.1) is 0 Å². The molecule has 2 aromatic carbocycles. The highest BCUT2D eigenvalue weighted by Crippen LogP contribution is 2.31. The summed E-state index contributed by atoms with van der Waals surface area (Å²) in [5.74, 6) is -0.442. The molecule has 0 spiro atoms. The lowest BCUT2D eigenvalue weighted by atomic mass is 10.1. The van der Waals surface area contributed by atoms with Crippen molar-refractivity contribution in [3.63, 3.8) is 0 Å². The van der Waals surface area contributed by atoms with Crippen molar-refractivity contribution in [1.82, 2.24) is 4.90 Å². The van der Waals surface area contributed by atoms with Gasteiger partial charge in [0.25, 0.3) is 5.91 Å². The van der Waals surface area contributed by atoms with Gasteiger partial charge in [-0.3, -0.25) is 4.79 Å². The van der Waals surface area contributed by atoms with Gasteiger partial charge in [0, 0.05) is 31.2 Å². The monoisotopic (exact) mass is 493 g/mol. The number of amides is 1. The van der Waals surface area contributed by atoms with Gasteiger partial charge in [0.05, 0.1) is 28.6 Å². The molecule has 1 atom stereocenters. The number of nitrogens with one attached hydrogen (secondary N) is 1. The second kappa shape index (κ2) is 11.6. The molecule has 0 saturated carbocycles. The van der Waals surface area contributed by atoms with Gasteiger partial charge in [-0.15, -0.1) is 0 Å². The van der Waals surface area contributed by atoms with E-state index in [1.165, 1.54) is 0 Å². The first-order valence-corrected chi connectivity index (χ1v) is 11.8. The summed E-state index contributed by atoms with van der Waals surface area (Å²) < 4.78 is 10.9. The zero-order valence-corrected chi connectivity index (χ0v) is 20.6. The highest BCUT2D eigenvalue weighted by atomic mass is 35.5. The van der Waals surface area contributed by atoms with Gasteiger partial charge < -0.3 is 24.6 Å². The Hall–Kier alpha value is -2.48. The molecule has 1 amide bonds. The normalized spacial score (nSPS) is 15.1. The summed E-state index contributed by atoms with van der Waals surface area (Å²) in [6.07, 6.45) is -0.834. The Balaban J connectivity index is 1.81. The highest BCUT2D eigenvalue weighted by Gasteiger charge is 2.23. The molecule has 1 aliphatic rings. The summed E-state index contributed by atoms with van der Waals surface area (Å²) in [5.41, 5.74) is 1.76. The van der Waals surface area contributed by atoms with E-state index in [9.17, 15) is 9.59 Å². The number of carbonyl (C=O) groups excluding carboxylic acids is 2. The number of nitrogens with zero attached hydrogens (tertiary/aromatic N) is 2. The number of likely N-dealkylation sites (N-methyl/N-ethyl adjacent to an activating group) is 1. The van der Waals surface area contributed by atoms with Crippen molar-refractivity contribution in [2.24, 2.45) is 0 Å². The van der Waals surface area contributed by atoms with Crippen LogP contribution in [-0.4, -0.2) is 62.2 Å². The fraction of sp³-hybridized carbons (Fsp3) is 0.417. The number of esters is 1. The van der Waals surface area contributed by atoms with Crippen LogP contribution in [0.5, 0.6) is 5.75 Å². The lowest BCUT2D eigenvalue weighted by Crippen LogP contribution is -2.46. The van der Waals surface area contributed by atoms with Crippen molar-refractivity contribution in [1.29, 1.82) is 0 Å². The van der Waals surface area contributed by atoms with E-state index in [2.05, 4.69) is 22.0 Å². The Morgan fingerprint density at radius 3 is 2.42 bits per heavy atom. The molecule has 3 rings (SSSR count). The zero-order valence-electron chi connectivity index (χ0n) is 19.1. The van der Waals surface area contributed by atoms with Gasteiger partial charge in [-0.2, -0.15) is 0 Å². The maximum atomic E-state index is 13.0. The molecule has 1 fully saturated rings. The average molecular weight is 494 g/mol. The highest BCUT2D eigenvalue weighted by molar-refractivity contribution is 6.35. The summed E-state index contributed by atoms with van der Waals surface area (Å²) in [6.45, 7) is 10.3. The largest absolute Gasteiger partial charge is 0.479 e. The average Bonchev–Trinajstić information content (AvgIpc) is 2.81. The van der Waals surface area contributed by atoms with Crippen LogP contribution in [0.15, 0.2) is 36.4 Å². The Bertz CT molecular complexity index is 994. The molecule has 1 N–H and O–H groups in total. The van der Waals surface area contributed by atoms with Gasteiger partial charge in [-0.25, -0.2) is 4.79 Å². The molecule has 0 aliphatic carbocycles. The molecule has 0 radical (unpaired) electrons. The molecule has 0 aromatic heterocycles. The van der Waals surface area contributed by atoms with Crippen molar-refractivity contribution in [2.45, 2.75) is 26.9 Å². The topological polar surface area (TPSA) is 71.1 Å². The van der Waals surface area contributed by atoms with Crippen molar-refractivity contribution >= 4 is 46.5 Å². The number of halogens is 2. The molecular formula is C24H29Cl2N3O4. The molecule has 0 bridgehead atoms. The zero-order chi connectivity index (χ0) is 24.0. The van der Waals surface area contributed by atoms with Crippen LogP contribution in [-0.2, 0) is 9.53 Å². The van der Waals surface area contributed by atoms with Crippen molar-refractivity contribution < 1.29 is 19.1 Å². The predicted octanol–water partition coefficient (Wildman–Crippen LogP) is 4.72. The Morgan fingerprint density at radius 2 is 1.79 bits per heavy atom. The molecular weight excluding hydrogens is 465 g/mol. The van der Waals surface area contributed by atoms with E-state index in [4.69, 9.17) is 32.7 Å². The van der Waals surface area contributed by atoms with E-state index >= 15 is 0 Å². The van der Waals surface area contributed by atoms with Crippen LogP contribution < -0.4 is 15.0 Å². The van der Waals surface area contributed by atoms with Gasteiger partial charge in [0.1, 0.15) is 5.75 Å². The fourth-order valence-corrected chi connectivity index (χ4v) is 4.06. The lowest BCUT2D eigenvalue weighted by Gasteiger charge is -2.36. The van der Waals surface area contributed by atoms with Crippen molar-refractivity contribution in [3.8, 4) is 5.75 Å². The maximum absolute atomic E-state index is 13.0. The molecule has 7 nitrogen and oxygen atoms in total. The van der Waals surface area contributed by atoms with E-state index in [1.54, 1.807) is 44.2 Å². The minimum Gasteiger partial charge on any atom is -0.479 e. The van der Waals surface area contributed by atoms with Crippen molar-refractivity contribution in [3.05, 3.63) is 52.0 Å². The summed E-state index contributed by atoms with van der Waals surface area (Å²) in [7, 11) is 0. The fourth-order valence-electron chi connectivity index (χ4n) is 3.61. The first kappa shape index (κ1) is 25.1. The summed E-state index contributed by atoms with van der Waals surface area (Å²) >= 11 is 12.1. The predicted molar refractivity (Wildman–Crippen MR) is 132 cm³/mol. The second-order valence-electron chi connectivity index (χ2n) is 7.70. The Labute approximate surface area is 204 Å². The van der Waals surface area contributed by atoms with Crippen molar-refractivity contribution in [2.75, 3.05) is 49.5 Å². The van der Waals surface area contributed by atoms with Crippen LogP contribution in [0.1, 0.15) is 31.1 Å². The van der Waals surface area contributed by atoms with E-state index in [0.717, 1.165) is 38.4 Å². The third-order valence-electron chi connectivity index (χ3n) is 5.49. The number of ether oxygens (including phenoxy) is 2. The SMILES string of the molecule is CCOC(=O)c1ccc(N2CCN(CC)CC2)c(NC(=O)[C@@H](C)Oc2ccc(Cl)cc2Cl)c1. The van der Waals surface area contributed by atoms with Gasteiger partial charge in [0.15, 0.2) is 6.10 Å². The number of carbonyl (C=O) groups is 2. The van der Waals surface area contributed by atoms with Gasteiger partial charge in [-0.1, -0.05) is 30.1 Å². The van der Waals surface area contributed by atoms with E-state index in [-0.39, 0.29) is 12.5 Å². The minimum absolute atomic E-state index is 0.272. The van der Waals surface area contributed by atoms with E-state index in [1.807, 2.05) is 6.07 Å². The lowest BCUT2D eigenvalue weighted by molar-refractivity contribution is -0.122. The number of benzene rings is 2. The number of piperazine rings is 1. The van der Waals surface area contributed by atoms with Crippen LogP contribution in [0.4, 0.5) is 11.4 Å². The number of hydrogen-bond acceptors (Lipinski definition) is 6. The van der Waals surface area contributed by atoms with Gasteiger partial charge in [-0.05, 0) is 56.8 Å². The smallest absolute Gasteiger partial charge is 0.338 e. The third kappa shape index (κ3) is 6.53. The first-order valence-electron chi connectivity index (χ1n) is 11.0. The second-order valence-corrected chi connectivity index (χ2v) is 8.54. The van der Waals surface area contributed by atoms with Gasteiger partial charge in [0.2, 0.25) is 0 Å². The molecule has 0 unspecified atom stereocenters. The third-order valence-corrected chi connectivity index (χ3v) is 6.02. The molecule has 1 aliphatic heterocycles. The van der Waals surface area contributed by atoms with E-state index < -0.39 is 12.1 Å². The molecule has 1 heterocycles. The molecule has 33 heavy (non-hydrogen) atoms. The Morgan fingerprint density at radius 1 is 1.06 bits per heavy atom. The van der Waals surface area contributed by atoms with E-state index in [0.29, 0.717) is 27.0 Å². The molecule has 1 saturated heterocycles. The van der Waals surface area contributed by atoms with Crippen LogP contribution >= 0.6 is 23.2 Å². The van der Waals surface area contributed by atoms with Crippen LogP contribution in [0.25, 0.3) is 0 Å². The maximum Gasteiger partial charge on any atom is 0.338 e. The van der Waals surface area contributed by atoms with Crippen LogP contribution in [0.3, 0.4) is 0 Å². The van der Waals surface area contributed by atoms with Crippen LogP contribution in [0.2, 0.25) is 10.0 Å². The standard InChI is InChI=1S/C24H29Cl2N3O4/c1-4-28-10-12-29(13-11-28)21-8-6-17(24(31)32-5-2)14-20(21)27-23(30)16(3)33-22-9-7-18(25)15-19(22)26/h6-9,14-16H,4-5,10-13H2,1-3H3,(H,27,30)/t16-/m1/s1. The molecule has 178 valence electrons. The summed E-state index contributed by atoms with van der Waals surface area (Å²) in [5, 5.41) is 3.73. The quantitative estimate of drug-likeness (QED) is 0.536. The first-order chi connectivity index (χ1) is 15.8. The molecule has 9 heteroatoms. The summed E-state index contributed by atoms with van der Waals surface area (Å²) in [4.78, 5) is 29.8.